The highest BCUT2D eigenvalue weighted by atomic mass is 35.5. The summed E-state index contributed by atoms with van der Waals surface area (Å²) in [4.78, 5) is 4.51. The zero-order chi connectivity index (χ0) is 15.4. The van der Waals surface area contributed by atoms with Crippen LogP contribution in [-0.2, 0) is 9.47 Å². The standard InChI is InChI=1S/C18H20ClNO2/c1-2-3-13-11-21-18(22-12-13)15-6-9-17(20-10-15)14-4-7-16(19)8-5-14/h4-10,13,18H,2-3,11-12H2,1H3/t13-,18-. The Bertz CT molecular complexity index is 589. The molecule has 2 aromatic rings. The quantitative estimate of drug-likeness (QED) is 0.806. The van der Waals surface area contributed by atoms with Gasteiger partial charge in [-0.15, -0.1) is 0 Å². The van der Waals surface area contributed by atoms with Crippen molar-refractivity contribution in [1.29, 1.82) is 0 Å². The number of pyridine rings is 1. The van der Waals surface area contributed by atoms with E-state index >= 15 is 0 Å². The molecule has 0 N–H and O–H groups in total. The number of halogens is 1. The Hall–Kier alpha value is -1.42. The SMILES string of the molecule is CCC[C@H]1CO[C@H](c2ccc(-c3ccc(Cl)cc3)nc2)OC1. The van der Waals surface area contributed by atoms with Crippen LogP contribution >= 0.6 is 11.6 Å². The summed E-state index contributed by atoms with van der Waals surface area (Å²) in [6, 6.07) is 11.7. The van der Waals surface area contributed by atoms with Gasteiger partial charge in [0.25, 0.3) is 0 Å². The first-order valence-corrected chi connectivity index (χ1v) is 8.09. The lowest BCUT2D eigenvalue weighted by molar-refractivity contribution is -0.206. The number of hydrogen-bond acceptors (Lipinski definition) is 3. The number of ether oxygens (including phenoxy) is 2. The van der Waals surface area contributed by atoms with Crippen molar-refractivity contribution in [3.8, 4) is 11.3 Å². The van der Waals surface area contributed by atoms with Crippen molar-refractivity contribution in [2.75, 3.05) is 13.2 Å². The normalized spacial score (nSPS) is 21.7. The molecule has 0 saturated carbocycles. The highest BCUT2D eigenvalue weighted by Gasteiger charge is 2.23. The maximum Gasteiger partial charge on any atom is 0.185 e. The fourth-order valence-electron chi connectivity index (χ4n) is 2.65. The minimum atomic E-state index is -0.292. The number of rotatable bonds is 4. The van der Waals surface area contributed by atoms with Crippen LogP contribution in [0.2, 0.25) is 5.02 Å². The predicted molar refractivity (Wildman–Crippen MR) is 87.7 cm³/mol. The van der Waals surface area contributed by atoms with Crippen LogP contribution in [0.3, 0.4) is 0 Å². The lowest BCUT2D eigenvalue weighted by Crippen LogP contribution is -2.27. The number of benzene rings is 1. The van der Waals surface area contributed by atoms with Gasteiger partial charge >= 0.3 is 0 Å². The summed E-state index contributed by atoms with van der Waals surface area (Å²) in [6.45, 7) is 3.71. The molecule has 1 aromatic carbocycles. The Labute approximate surface area is 136 Å². The zero-order valence-corrected chi connectivity index (χ0v) is 13.4. The zero-order valence-electron chi connectivity index (χ0n) is 12.7. The molecule has 1 aromatic heterocycles. The summed E-state index contributed by atoms with van der Waals surface area (Å²) < 4.78 is 11.6. The number of hydrogen-bond donors (Lipinski definition) is 0. The third kappa shape index (κ3) is 3.67. The fourth-order valence-corrected chi connectivity index (χ4v) is 2.77. The second-order valence-corrected chi connectivity index (χ2v) is 6.07. The molecule has 1 saturated heterocycles. The smallest absolute Gasteiger partial charge is 0.185 e. The molecule has 2 heterocycles. The number of aromatic nitrogens is 1. The Kier molecular flexibility index (Phi) is 5.08. The van der Waals surface area contributed by atoms with E-state index in [9.17, 15) is 0 Å². The van der Waals surface area contributed by atoms with Gasteiger partial charge in [0.05, 0.1) is 18.9 Å². The fraction of sp³-hybridized carbons (Fsp3) is 0.389. The highest BCUT2D eigenvalue weighted by molar-refractivity contribution is 6.30. The van der Waals surface area contributed by atoms with Crippen LogP contribution in [0.4, 0.5) is 0 Å². The first-order chi connectivity index (χ1) is 10.8. The van der Waals surface area contributed by atoms with Crippen molar-refractivity contribution >= 4 is 11.6 Å². The summed E-state index contributed by atoms with van der Waals surface area (Å²) >= 11 is 5.91. The van der Waals surface area contributed by atoms with Gasteiger partial charge in [-0.2, -0.15) is 0 Å². The summed E-state index contributed by atoms with van der Waals surface area (Å²) in [6.07, 6.45) is 3.86. The van der Waals surface area contributed by atoms with Gasteiger partial charge in [0, 0.05) is 28.3 Å². The largest absolute Gasteiger partial charge is 0.348 e. The van der Waals surface area contributed by atoms with Crippen LogP contribution in [0.5, 0.6) is 0 Å². The Morgan fingerprint density at radius 1 is 1.09 bits per heavy atom. The van der Waals surface area contributed by atoms with Crippen LogP contribution < -0.4 is 0 Å². The Morgan fingerprint density at radius 2 is 1.82 bits per heavy atom. The van der Waals surface area contributed by atoms with Gasteiger partial charge in [-0.25, -0.2) is 0 Å². The minimum absolute atomic E-state index is 0.292. The first-order valence-electron chi connectivity index (χ1n) is 7.71. The predicted octanol–water partition coefficient (Wildman–Crippen LogP) is 4.86. The molecule has 0 spiro atoms. The van der Waals surface area contributed by atoms with Crippen molar-refractivity contribution in [3.63, 3.8) is 0 Å². The minimum Gasteiger partial charge on any atom is -0.348 e. The van der Waals surface area contributed by atoms with Crippen LogP contribution in [0.1, 0.15) is 31.6 Å². The van der Waals surface area contributed by atoms with Gasteiger partial charge < -0.3 is 9.47 Å². The molecule has 116 valence electrons. The lowest BCUT2D eigenvalue weighted by atomic mass is 10.1. The van der Waals surface area contributed by atoms with Crippen molar-refractivity contribution < 1.29 is 9.47 Å². The maximum absolute atomic E-state index is 5.91. The summed E-state index contributed by atoms with van der Waals surface area (Å²) in [5.41, 5.74) is 2.93. The second kappa shape index (κ2) is 7.23. The molecule has 0 unspecified atom stereocenters. The van der Waals surface area contributed by atoms with E-state index in [2.05, 4.69) is 11.9 Å². The van der Waals surface area contributed by atoms with E-state index in [0.717, 1.165) is 41.5 Å². The Balaban J connectivity index is 1.66. The molecule has 0 amide bonds. The molecule has 1 aliphatic rings. The average molecular weight is 318 g/mol. The molecule has 3 rings (SSSR count). The second-order valence-electron chi connectivity index (χ2n) is 5.64. The van der Waals surface area contributed by atoms with Gasteiger partial charge in [-0.05, 0) is 24.6 Å². The molecule has 0 radical (unpaired) electrons. The first kappa shape index (κ1) is 15.5. The molecule has 0 atom stereocenters. The van der Waals surface area contributed by atoms with E-state index in [4.69, 9.17) is 21.1 Å². The van der Waals surface area contributed by atoms with E-state index < -0.39 is 0 Å². The van der Waals surface area contributed by atoms with Gasteiger partial charge in [-0.3, -0.25) is 4.98 Å². The summed E-state index contributed by atoms with van der Waals surface area (Å²) in [5, 5.41) is 0.728. The van der Waals surface area contributed by atoms with E-state index in [1.807, 2.05) is 42.6 Å². The van der Waals surface area contributed by atoms with Gasteiger partial charge in [0.1, 0.15) is 0 Å². The highest BCUT2D eigenvalue weighted by Crippen LogP contribution is 2.28. The van der Waals surface area contributed by atoms with Gasteiger partial charge in [-0.1, -0.05) is 43.1 Å². The monoisotopic (exact) mass is 317 g/mol. The van der Waals surface area contributed by atoms with E-state index in [-0.39, 0.29) is 6.29 Å². The van der Waals surface area contributed by atoms with Crippen molar-refractivity contribution in [1.82, 2.24) is 4.98 Å². The van der Waals surface area contributed by atoms with Crippen LogP contribution in [0.15, 0.2) is 42.6 Å². The third-order valence-corrected chi connectivity index (χ3v) is 4.11. The molecular formula is C18H20ClNO2. The summed E-state index contributed by atoms with van der Waals surface area (Å²) in [7, 11) is 0. The van der Waals surface area contributed by atoms with Gasteiger partial charge in [0.15, 0.2) is 6.29 Å². The lowest BCUT2D eigenvalue weighted by Gasteiger charge is -2.29. The molecule has 22 heavy (non-hydrogen) atoms. The van der Waals surface area contributed by atoms with Crippen LogP contribution in [0.25, 0.3) is 11.3 Å². The molecule has 3 nitrogen and oxygen atoms in total. The molecule has 1 fully saturated rings. The number of nitrogens with zero attached hydrogens (tertiary/aromatic N) is 1. The van der Waals surface area contributed by atoms with Crippen LogP contribution in [0, 0.1) is 5.92 Å². The van der Waals surface area contributed by atoms with Crippen molar-refractivity contribution in [2.24, 2.45) is 5.92 Å². The van der Waals surface area contributed by atoms with Crippen LogP contribution in [-0.4, -0.2) is 18.2 Å². The molecule has 0 bridgehead atoms. The van der Waals surface area contributed by atoms with E-state index in [1.165, 1.54) is 6.42 Å². The molecule has 1 aliphatic heterocycles. The van der Waals surface area contributed by atoms with Crippen molar-refractivity contribution in [3.05, 3.63) is 53.2 Å². The van der Waals surface area contributed by atoms with E-state index in [0.29, 0.717) is 5.92 Å². The molecule has 0 aliphatic carbocycles. The molecular weight excluding hydrogens is 298 g/mol. The molecule has 4 heteroatoms. The summed E-state index contributed by atoms with van der Waals surface area (Å²) in [5.74, 6) is 0.516. The van der Waals surface area contributed by atoms with Crippen molar-refractivity contribution in [2.45, 2.75) is 26.1 Å². The average Bonchev–Trinajstić information content (AvgIpc) is 2.57. The van der Waals surface area contributed by atoms with Gasteiger partial charge in [0.2, 0.25) is 0 Å². The topological polar surface area (TPSA) is 31.4 Å². The third-order valence-electron chi connectivity index (χ3n) is 3.86. The maximum atomic E-state index is 5.91. The Morgan fingerprint density at radius 3 is 2.41 bits per heavy atom. The van der Waals surface area contributed by atoms with E-state index in [1.54, 1.807) is 0 Å².